The molecule has 3 nitrogen and oxygen atoms in total. The van der Waals surface area contributed by atoms with Crippen LogP contribution in [-0.2, 0) is 4.74 Å². The second-order valence-corrected chi connectivity index (χ2v) is 7.30. The summed E-state index contributed by atoms with van der Waals surface area (Å²) in [7, 11) is 0. The summed E-state index contributed by atoms with van der Waals surface area (Å²) in [6.45, 7) is 9.83. The largest absolute Gasteiger partial charge is 0.490 e. The van der Waals surface area contributed by atoms with E-state index in [2.05, 4.69) is 26.0 Å². The maximum Gasteiger partial charge on any atom is 0.197 e. The second-order valence-electron chi connectivity index (χ2n) is 7.30. The Morgan fingerprint density at radius 1 is 1.04 bits per heavy atom. The quantitative estimate of drug-likeness (QED) is 0.464. The van der Waals surface area contributed by atoms with Crippen molar-refractivity contribution in [2.24, 2.45) is 5.92 Å². The normalized spacial score (nSPS) is 17.9. The van der Waals surface area contributed by atoms with Crippen LogP contribution in [0.2, 0.25) is 0 Å². The number of hydrogen-bond donors (Lipinski definition) is 0. The minimum absolute atomic E-state index is 0.253. The Balaban J connectivity index is 1.86. The lowest BCUT2D eigenvalue weighted by molar-refractivity contribution is -0.0722. The summed E-state index contributed by atoms with van der Waals surface area (Å²) in [4.78, 5) is 0. The molecular weight excluding hydrogens is 312 g/mol. The van der Waals surface area contributed by atoms with Crippen LogP contribution in [0.4, 0.5) is 0 Å². The highest BCUT2D eigenvalue weighted by Gasteiger charge is 2.15. The third-order valence-electron chi connectivity index (χ3n) is 5.35. The Labute approximate surface area is 154 Å². The van der Waals surface area contributed by atoms with Crippen LogP contribution in [-0.4, -0.2) is 19.5 Å². The van der Waals surface area contributed by atoms with Gasteiger partial charge in [0.15, 0.2) is 17.8 Å². The van der Waals surface area contributed by atoms with E-state index in [1.807, 2.05) is 19.9 Å². The van der Waals surface area contributed by atoms with Gasteiger partial charge in [-0.2, -0.15) is 0 Å². The molecule has 1 aliphatic carbocycles. The number of rotatable bonds is 10. The van der Waals surface area contributed by atoms with Crippen LogP contribution in [0.3, 0.4) is 0 Å². The molecule has 0 amide bonds. The van der Waals surface area contributed by atoms with Crippen molar-refractivity contribution >= 4 is 0 Å². The lowest BCUT2D eigenvalue weighted by Gasteiger charge is -2.23. The molecule has 2 unspecified atom stereocenters. The first-order valence-electron chi connectivity index (χ1n) is 10.2. The molecule has 1 aromatic carbocycles. The summed E-state index contributed by atoms with van der Waals surface area (Å²) in [6.07, 6.45) is 8.93. The fourth-order valence-electron chi connectivity index (χ4n) is 3.52. The van der Waals surface area contributed by atoms with E-state index in [9.17, 15) is 0 Å². The Morgan fingerprint density at radius 3 is 2.48 bits per heavy atom. The van der Waals surface area contributed by atoms with Gasteiger partial charge in [0.1, 0.15) is 0 Å². The predicted octanol–water partition coefficient (Wildman–Crippen LogP) is 6.31. The van der Waals surface area contributed by atoms with Gasteiger partial charge < -0.3 is 14.2 Å². The molecule has 1 aromatic rings. The third kappa shape index (κ3) is 6.54. The number of hydrogen-bond acceptors (Lipinski definition) is 3. The molecule has 0 spiro atoms. The first-order chi connectivity index (χ1) is 12.1. The van der Waals surface area contributed by atoms with E-state index >= 15 is 0 Å². The van der Waals surface area contributed by atoms with Gasteiger partial charge in [0.2, 0.25) is 0 Å². The fourth-order valence-corrected chi connectivity index (χ4v) is 3.52. The minimum Gasteiger partial charge on any atom is -0.490 e. The second kappa shape index (κ2) is 10.7. The number of benzene rings is 1. The topological polar surface area (TPSA) is 27.7 Å². The summed E-state index contributed by atoms with van der Waals surface area (Å²) in [5.41, 5.74) is 1.30. The van der Waals surface area contributed by atoms with Gasteiger partial charge >= 0.3 is 0 Å². The molecule has 0 saturated heterocycles. The minimum atomic E-state index is -0.253. The molecule has 1 fully saturated rings. The van der Waals surface area contributed by atoms with Gasteiger partial charge in [0, 0.05) is 0 Å². The Hall–Kier alpha value is -1.22. The average Bonchev–Trinajstić information content (AvgIpc) is 2.63. The van der Waals surface area contributed by atoms with E-state index < -0.39 is 0 Å². The molecule has 0 heterocycles. The van der Waals surface area contributed by atoms with Gasteiger partial charge in [0.25, 0.3) is 0 Å². The van der Waals surface area contributed by atoms with Crippen molar-refractivity contribution in [3.8, 4) is 11.5 Å². The van der Waals surface area contributed by atoms with E-state index in [1.165, 1.54) is 37.7 Å². The van der Waals surface area contributed by atoms with E-state index in [-0.39, 0.29) is 6.29 Å². The highest BCUT2D eigenvalue weighted by atomic mass is 16.7. The Morgan fingerprint density at radius 2 is 1.80 bits per heavy atom. The predicted molar refractivity (Wildman–Crippen MR) is 104 cm³/mol. The molecule has 2 rings (SSSR count). The summed E-state index contributed by atoms with van der Waals surface area (Å²) >= 11 is 0. The molecule has 25 heavy (non-hydrogen) atoms. The third-order valence-corrected chi connectivity index (χ3v) is 5.35. The summed E-state index contributed by atoms with van der Waals surface area (Å²) in [5, 5.41) is 0. The SMILES string of the molecule is CCOc1cc(C(C)CC)ccc1OC(C)OCCC1CCCCC1. The molecule has 1 saturated carbocycles. The maximum atomic E-state index is 6.01. The lowest BCUT2D eigenvalue weighted by atomic mass is 9.87. The molecule has 0 aromatic heterocycles. The summed E-state index contributed by atoms with van der Waals surface area (Å²) in [5.74, 6) is 2.97. The van der Waals surface area contributed by atoms with Crippen LogP contribution in [0.15, 0.2) is 18.2 Å². The average molecular weight is 349 g/mol. The zero-order valence-corrected chi connectivity index (χ0v) is 16.6. The van der Waals surface area contributed by atoms with Crippen LogP contribution >= 0.6 is 0 Å². The van der Waals surface area contributed by atoms with Crippen LogP contribution in [0.25, 0.3) is 0 Å². The molecule has 1 aliphatic rings. The van der Waals surface area contributed by atoms with Crippen LogP contribution < -0.4 is 9.47 Å². The molecular formula is C22H36O3. The standard InChI is InChI=1S/C22H36O3/c1-5-17(3)20-12-13-21(22(16-20)23-6-2)25-18(4)24-15-14-19-10-8-7-9-11-19/h12-13,16-19H,5-11,14-15H2,1-4H3. The molecule has 0 radical (unpaired) electrons. The highest BCUT2D eigenvalue weighted by Crippen LogP contribution is 2.33. The van der Waals surface area contributed by atoms with Gasteiger partial charge in [-0.3, -0.25) is 0 Å². The summed E-state index contributed by atoms with van der Waals surface area (Å²) in [6, 6.07) is 6.27. The molecule has 3 heteroatoms. The van der Waals surface area contributed by atoms with Crippen molar-refractivity contribution < 1.29 is 14.2 Å². The number of ether oxygens (including phenoxy) is 3. The van der Waals surface area contributed by atoms with Crippen LogP contribution in [0.5, 0.6) is 11.5 Å². The van der Waals surface area contributed by atoms with E-state index in [0.29, 0.717) is 12.5 Å². The smallest absolute Gasteiger partial charge is 0.197 e. The molecule has 0 bridgehead atoms. The Bertz CT molecular complexity index is 494. The summed E-state index contributed by atoms with van der Waals surface area (Å²) < 4.78 is 17.7. The van der Waals surface area contributed by atoms with Crippen molar-refractivity contribution in [3.05, 3.63) is 23.8 Å². The first-order valence-corrected chi connectivity index (χ1v) is 10.2. The molecule has 142 valence electrons. The van der Waals surface area contributed by atoms with Gasteiger partial charge in [-0.25, -0.2) is 0 Å². The van der Waals surface area contributed by atoms with Gasteiger partial charge in [-0.05, 0) is 56.2 Å². The fraction of sp³-hybridized carbons (Fsp3) is 0.727. The van der Waals surface area contributed by atoms with E-state index in [0.717, 1.165) is 36.9 Å². The van der Waals surface area contributed by atoms with Crippen molar-refractivity contribution in [2.45, 2.75) is 84.8 Å². The zero-order valence-electron chi connectivity index (χ0n) is 16.6. The Kier molecular flexibility index (Phi) is 8.60. The first kappa shape index (κ1) is 20.1. The van der Waals surface area contributed by atoms with Gasteiger partial charge in [-0.15, -0.1) is 0 Å². The van der Waals surface area contributed by atoms with Crippen molar-refractivity contribution in [2.75, 3.05) is 13.2 Å². The molecule has 0 N–H and O–H groups in total. The van der Waals surface area contributed by atoms with E-state index in [1.54, 1.807) is 0 Å². The van der Waals surface area contributed by atoms with Crippen molar-refractivity contribution in [1.29, 1.82) is 0 Å². The highest BCUT2D eigenvalue weighted by molar-refractivity contribution is 5.44. The van der Waals surface area contributed by atoms with Crippen molar-refractivity contribution in [1.82, 2.24) is 0 Å². The molecule has 0 aliphatic heterocycles. The van der Waals surface area contributed by atoms with Gasteiger partial charge in [-0.1, -0.05) is 52.0 Å². The van der Waals surface area contributed by atoms with Crippen LogP contribution in [0.1, 0.15) is 84.1 Å². The van der Waals surface area contributed by atoms with Crippen molar-refractivity contribution in [3.63, 3.8) is 0 Å². The monoisotopic (exact) mass is 348 g/mol. The molecule has 2 atom stereocenters. The van der Waals surface area contributed by atoms with Crippen LogP contribution in [0, 0.1) is 5.92 Å². The maximum absolute atomic E-state index is 6.01. The lowest BCUT2D eigenvalue weighted by Crippen LogP contribution is -2.19. The van der Waals surface area contributed by atoms with E-state index in [4.69, 9.17) is 14.2 Å². The zero-order chi connectivity index (χ0) is 18.1. The van der Waals surface area contributed by atoms with Gasteiger partial charge in [0.05, 0.1) is 13.2 Å².